The number of aryl methyl sites for hydroxylation is 2. The van der Waals surface area contributed by atoms with Crippen LogP contribution in [0.15, 0.2) is 24.3 Å². The van der Waals surface area contributed by atoms with Crippen LogP contribution in [0.4, 0.5) is 0 Å². The minimum atomic E-state index is -0.179. The summed E-state index contributed by atoms with van der Waals surface area (Å²) in [5.41, 5.74) is 1.98. The van der Waals surface area contributed by atoms with Crippen LogP contribution in [0.2, 0.25) is 0 Å². The predicted molar refractivity (Wildman–Crippen MR) is 79.9 cm³/mol. The largest absolute Gasteiger partial charge is 0.479 e. The second-order valence-corrected chi connectivity index (χ2v) is 4.85. The quantitative estimate of drug-likeness (QED) is 0.692. The zero-order chi connectivity index (χ0) is 14.7. The highest BCUT2D eigenvalue weighted by atomic mass is 32.1. The van der Waals surface area contributed by atoms with Crippen molar-refractivity contribution in [1.29, 1.82) is 0 Å². The number of nitrogens with zero attached hydrogens (tertiary/aromatic N) is 1. The number of aromatic nitrogens is 2. The van der Waals surface area contributed by atoms with Crippen LogP contribution >= 0.6 is 12.2 Å². The van der Waals surface area contributed by atoms with Gasteiger partial charge in [-0.05, 0) is 20.8 Å². The number of benzene rings is 1. The van der Waals surface area contributed by atoms with E-state index in [0.717, 1.165) is 5.56 Å². The predicted octanol–water partition coefficient (Wildman–Crippen LogP) is 3.39. The molecule has 1 N–H and O–H groups in total. The second-order valence-electron chi connectivity index (χ2n) is 4.46. The summed E-state index contributed by atoms with van der Waals surface area (Å²) in [4.78, 5) is 19.7. The van der Waals surface area contributed by atoms with E-state index in [-0.39, 0.29) is 10.4 Å². The van der Waals surface area contributed by atoms with Gasteiger partial charge in [0.25, 0.3) is 0 Å². The number of carbonyl (C=O) groups excluding carboxylic acids is 1. The molecule has 20 heavy (non-hydrogen) atoms. The van der Waals surface area contributed by atoms with Gasteiger partial charge in [-0.15, -0.1) is 0 Å². The van der Waals surface area contributed by atoms with Crippen LogP contribution in [-0.4, -0.2) is 22.4 Å². The summed E-state index contributed by atoms with van der Waals surface area (Å²) in [5, 5.41) is 0. The molecule has 0 aliphatic heterocycles. The Hall–Kier alpha value is -2.01. The fraction of sp³-hybridized carbons (Fsp3) is 0.267. The second kappa shape index (κ2) is 5.96. The van der Waals surface area contributed by atoms with E-state index in [2.05, 4.69) is 9.97 Å². The Labute approximate surface area is 122 Å². The van der Waals surface area contributed by atoms with Crippen molar-refractivity contribution in [2.45, 2.75) is 20.8 Å². The lowest BCUT2D eigenvalue weighted by Crippen LogP contribution is -2.10. The van der Waals surface area contributed by atoms with E-state index in [4.69, 9.17) is 17.0 Å². The summed E-state index contributed by atoms with van der Waals surface area (Å²) in [5.74, 6) is 0.830. The van der Waals surface area contributed by atoms with Crippen LogP contribution < -0.4 is 4.74 Å². The first-order valence-electron chi connectivity index (χ1n) is 6.38. The molecule has 0 aliphatic carbocycles. The number of rotatable bonds is 4. The maximum absolute atomic E-state index is 12.6. The highest BCUT2D eigenvalue weighted by Gasteiger charge is 2.18. The van der Waals surface area contributed by atoms with E-state index >= 15 is 0 Å². The molecule has 1 aromatic heterocycles. The van der Waals surface area contributed by atoms with Crippen molar-refractivity contribution in [2.75, 3.05) is 6.61 Å². The number of hydrogen-bond donors (Lipinski definition) is 1. The van der Waals surface area contributed by atoms with Gasteiger partial charge in [-0.2, -0.15) is 0 Å². The zero-order valence-electron chi connectivity index (χ0n) is 11.7. The lowest BCUT2D eigenvalue weighted by molar-refractivity contribution is 0.103. The van der Waals surface area contributed by atoms with Crippen LogP contribution in [0.1, 0.15) is 34.2 Å². The van der Waals surface area contributed by atoms with Crippen LogP contribution in [0.5, 0.6) is 5.88 Å². The van der Waals surface area contributed by atoms with Crippen molar-refractivity contribution < 1.29 is 9.53 Å². The zero-order valence-corrected chi connectivity index (χ0v) is 12.5. The van der Waals surface area contributed by atoms with Crippen LogP contribution in [0, 0.1) is 18.5 Å². The number of ether oxygens (including phenoxy) is 1. The van der Waals surface area contributed by atoms with Gasteiger partial charge in [0.1, 0.15) is 16.0 Å². The Morgan fingerprint density at radius 1 is 1.30 bits per heavy atom. The molecule has 1 aromatic carbocycles. The van der Waals surface area contributed by atoms with Crippen molar-refractivity contribution in [3.05, 3.63) is 51.4 Å². The van der Waals surface area contributed by atoms with Crippen LogP contribution in [-0.2, 0) is 0 Å². The highest BCUT2D eigenvalue weighted by molar-refractivity contribution is 7.71. The summed E-state index contributed by atoms with van der Waals surface area (Å²) in [6, 6.07) is 7.34. The monoisotopic (exact) mass is 288 g/mol. The molecule has 2 rings (SSSR count). The van der Waals surface area contributed by atoms with Gasteiger partial charge in [-0.25, -0.2) is 4.98 Å². The first-order valence-corrected chi connectivity index (χ1v) is 6.78. The van der Waals surface area contributed by atoms with E-state index in [9.17, 15) is 4.79 Å². The van der Waals surface area contributed by atoms with Crippen molar-refractivity contribution >= 4 is 18.0 Å². The summed E-state index contributed by atoms with van der Waals surface area (Å²) in [6.07, 6.45) is 0. The molecule has 104 valence electrons. The Balaban J connectivity index is 2.53. The number of aromatic amines is 1. The molecule has 0 saturated carbocycles. The molecule has 0 unspecified atom stereocenters. The van der Waals surface area contributed by atoms with Crippen molar-refractivity contribution in [3.63, 3.8) is 0 Å². The minimum Gasteiger partial charge on any atom is -0.479 e. The Morgan fingerprint density at radius 2 is 1.95 bits per heavy atom. The van der Waals surface area contributed by atoms with E-state index in [1.165, 1.54) is 0 Å². The minimum absolute atomic E-state index is 0.179. The molecule has 0 radical (unpaired) electrons. The molecule has 1 heterocycles. The van der Waals surface area contributed by atoms with Crippen molar-refractivity contribution in [1.82, 2.24) is 9.97 Å². The van der Waals surface area contributed by atoms with Gasteiger partial charge in [0.15, 0.2) is 0 Å². The molecular formula is C15H16N2O2S. The third-order valence-corrected chi connectivity index (χ3v) is 3.13. The summed E-state index contributed by atoms with van der Waals surface area (Å²) >= 11 is 5.21. The maximum atomic E-state index is 12.6. The van der Waals surface area contributed by atoms with E-state index in [0.29, 0.717) is 29.4 Å². The fourth-order valence-electron chi connectivity index (χ4n) is 1.86. The lowest BCUT2D eigenvalue weighted by Gasteiger charge is -2.10. The molecule has 0 amide bonds. The average molecular weight is 288 g/mol. The third kappa shape index (κ3) is 2.93. The summed E-state index contributed by atoms with van der Waals surface area (Å²) < 4.78 is 5.74. The molecule has 0 bridgehead atoms. The van der Waals surface area contributed by atoms with E-state index in [1.54, 1.807) is 19.1 Å². The maximum Gasteiger partial charge on any atom is 0.206 e. The van der Waals surface area contributed by atoms with Gasteiger partial charge >= 0.3 is 0 Å². The molecule has 0 saturated heterocycles. The molecule has 4 nitrogen and oxygen atoms in total. The molecule has 0 aliphatic rings. The molecule has 5 heteroatoms. The van der Waals surface area contributed by atoms with E-state index < -0.39 is 0 Å². The van der Waals surface area contributed by atoms with Crippen molar-refractivity contribution in [3.8, 4) is 5.88 Å². The van der Waals surface area contributed by atoms with E-state index in [1.807, 2.05) is 26.0 Å². The normalized spacial score (nSPS) is 10.3. The van der Waals surface area contributed by atoms with Crippen molar-refractivity contribution in [2.24, 2.45) is 0 Å². The molecule has 0 fully saturated rings. The summed E-state index contributed by atoms with van der Waals surface area (Å²) in [7, 11) is 0. The molecule has 0 spiro atoms. The van der Waals surface area contributed by atoms with Gasteiger partial charge in [0, 0.05) is 5.56 Å². The Morgan fingerprint density at radius 3 is 2.55 bits per heavy atom. The summed E-state index contributed by atoms with van der Waals surface area (Å²) in [6.45, 7) is 6.05. The Kier molecular flexibility index (Phi) is 4.29. The lowest BCUT2D eigenvalue weighted by atomic mass is 10.0. The first-order chi connectivity index (χ1) is 9.52. The topological polar surface area (TPSA) is 55.0 Å². The highest BCUT2D eigenvalue weighted by Crippen LogP contribution is 2.21. The third-order valence-electron chi connectivity index (χ3n) is 2.83. The van der Waals surface area contributed by atoms with Gasteiger partial charge in [0.05, 0.1) is 6.61 Å². The molecular weight excluding hydrogens is 272 g/mol. The molecule has 2 aromatic rings. The number of hydrogen-bond acceptors (Lipinski definition) is 4. The van der Waals surface area contributed by atoms with Gasteiger partial charge in [-0.1, -0.05) is 42.0 Å². The number of ketones is 1. The standard InChI is InChI=1S/C15H16N2O2S/c1-4-19-14-12(15(20)17-10(3)16-14)13(18)11-7-5-9(2)6-8-11/h5-8H,4H2,1-3H3,(H,16,17,20). The fourth-order valence-corrected chi connectivity index (χ4v) is 2.18. The van der Waals surface area contributed by atoms with Gasteiger partial charge in [0.2, 0.25) is 11.7 Å². The number of carbonyl (C=O) groups is 1. The number of H-pyrrole nitrogens is 1. The molecule has 0 atom stereocenters. The SMILES string of the molecule is CCOc1[nH]c(C)nc(=S)c1C(=O)c1ccc(C)cc1. The number of nitrogens with one attached hydrogen (secondary N) is 1. The smallest absolute Gasteiger partial charge is 0.206 e. The van der Waals surface area contributed by atoms with Crippen LogP contribution in [0.3, 0.4) is 0 Å². The van der Waals surface area contributed by atoms with Gasteiger partial charge in [-0.3, -0.25) is 4.79 Å². The van der Waals surface area contributed by atoms with Crippen LogP contribution in [0.25, 0.3) is 0 Å². The first kappa shape index (κ1) is 14.4. The van der Waals surface area contributed by atoms with Gasteiger partial charge < -0.3 is 9.72 Å². The Bertz CT molecular complexity index is 690. The average Bonchev–Trinajstić information content (AvgIpc) is 2.38.